The molecule has 6 nitrogen and oxygen atoms in total. The second-order valence-electron chi connectivity index (χ2n) is 5.73. The first-order chi connectivity index (χ1) is 11.2. The average molecular weight is 308 g/mol. The van der Waals surface area contributed by atoms with Gasteiger partial charge in [-0.05, 0) is 36.5 Å². The quantitative estimate of drug-likeness (QED) is 0.777. The molecular weight excluding hydrogens is 292 g/mol. The number of carboxylic acids is 1. The fourth-order valence-electron chi connectivity index (χ4n) is 3.18. The zero-order valence-electron chi connectivity index (χ0n) is 12.4. The van der Waals surface area contributed by atoms with Crippen molar-refractivity contribution in [1.29, 1.82) is 0 Å². The summed E-state index contributed by atoms with van der Waals surface area (Å²) in [4.78, 5) is 15.7. The number of aromatic carboxylic acids is 1. The van der Waals surface area contributed by atoms with Crippen LogP contribution in [0.5, 0.6) is 0 Å². The fourth-order valence-corrected chi connectivity index (χ4v) is 3.18. The first kappa shape index (κ1) is 13.8. The molecule has 0 radical (unpaired) electrons. The number of benzene rings is 1. The van der Waals surface area contributed by atoms with E-state index in [2.05, 4.69) is 39.7 Å². The Morgan fingerprint density at radius 2 is 2.17 bits per heavy atom. The first-order valence-electron chi connectivity index (χ1n) is 7.64. The molecule has 1 unspecified atom stereocenters. The van der Waals surface area contributed by atoms with Crippen LogP contribution in [0.1, 0.15) is 40.4 Å². The normalized spacial score (nSPS) is 17.0. The largest absolute Gasteiger partial charge is 0.477 e. The number of hydrogen-bond acceptors (Lipinski definition) is 4. The second kappa shape index (κ2) is 5.39. The minimum atomic E-state index is -1.02. The molecule has 2 N–H and O–H groups in total. The topological polar surface area (TPSA) is 79.5 Å². The highest BCUT2D eigenvalue weighted by Crippen LogP contribution is 2.32. The third-order valence-electron chi connectivity index (χ3n) is 4.29. The molecule has 0 fully saturated rings. The van der Waals surface area contributed by atoms with Crippen LogP contribution < -0.4 is 5.32 Å². The highest BCUT2D eigenvalue weighted by atomic mass is 16.4. The molecule has 0 saturated heterocycles. The van der Waals surface area contributed by atoms with Crippen LogP contribution in [0.15, 0.2) is 42.7 Å². The van der Waals surface area contributed by atoms with Crippen molar-refractivity contribution in [3.05, 3.63) is 59.4 Å². The number of fused-ring (bicyclic) bond motifs is 2. The number of aromatic nitrogens is 3. The van der Waals surface area contributed by atoms with E-state index in [1.54, 1.807) is 6.20 Å². The molecule has 4 rings (SSSR count). The molecule has 0 spiro atoms. The van der Waals surface area contributed by atoms with Gasteiger partial charge >= 0.3 is 5.97 Å². The summed E-state index contributed by atoms with van der Waals surface area (Å²) < 4.78 is 1.48. The van der Waals surface area contributed by atoms with Crippen LogP contribution in [0.3, 0.4) is 0 Å². The summed E-state index contributed by atoms with van der Waals surface area (Å²) in [6.07, 6.45) is 6.32. The van der Waals surface area contributed by atoms with Gasteiger partial charge in [-0.1, -0.05) is 24.3 Å². The summed E-state index contributed by atoms with van der Waals surface area (Å²) in [5, 5.41) is 16.6. The molecule has 0 bridgehead atoms. The van der Waals surface area contributed by atoms with Gasteiger partial charge in [-0.3, -0.25) is 0 Å². The predicted octanol–water partition coefficient (Wildman–Crippen LogP) is 2.92. The van der Waals surface area contributed by atoms with Gasteiger partial charge in [-0.15, -0.1) is 0 Å². The van der Waals surface area contributed by atoms with Gasteiger partial charge in [-0.2, -0.15) is 5.10 Å². The Labute approximate surface area is 132 Å². The monoisotopic (exact) mass is 308 g/mol. The molecule has 2 heterocycles. The number of rotatable bonds is 3. The van der Waals surface area contributed by atoms with Crippen molar-refractivity contribution >= 4 is 17.4 Å². The van der Waals surface area contributed by atoms with E-state index in [4.69, 9.17) is 0 Å². The molecule has 116 valence electrons. The highest BCUT2D eigenvalue weighted by molar-refractivity contribution is 5.94. The minimum absolute atomic E-state index is 0.109. The third kappa shape index (κ3) is 2.42. The van der Waals surface area contributed by atoms with Crippen LogP contribution >= 0.6 is 0 Å². The number of carbonyl (C=O) groups is 1. The maximum absolute atomic E-state index is 11.2. The third-order valence-corrected chi connectivity index (χ3v) is 4.29. The lowest BCUT2D eigenvalue weighted by Crippen LogP contribution is -2.18. The summed E-state index contributed by atoms with van der Waals surface area (Å²) in [5.74, 6) is -0.352. The summed E-state index contributed by atoms with van der Waals surface area (Å²) in [7, 11) is 0. The Hall–Kier alpha value is -2.89. The highest BCUT2D eigenvalue weighted by Gasteiger charge is 2.20. The summed E-state index contributed by atoms with van der Waals surface area (Å²) >= 11 is 0. The van der Waals surface area contributed by atoms with E-state index in [1.807, 2.05) is 6.07 Å². The molecule has 23 heavy (non-hydrogen) atoms. The van der Waals surface area contributed by atoms with Crippen LogP contribution in [0.25, 0.3) is 5.65 Å². The molecule has 1 atom stereocenters. The maximum atomic E-state index is 11.2. The van der Waals surface area contributed by atoms with Crippen molar-refractivity contribution in [2.45, 2.75) is 25.3 Å². The van der Waals surface area contributed by atoms with Crippen LogP contribution in [0.4, 0.5) is 5.82 Å². The Kier molecular flexibility index (Phi) is 3.22. The fraction of sp³-hybridized carbons (Fsp3) is 0.235. The van der Waals surface area contributed by atoms with Crippen molar-refractivity contribution in [3.8, 4) is 0 Å². The van der Waals surface area contributed by atoms with E-state index in [1.165, 1.54) is 21.8 Å². The molecule has 0 saturated carbocycles. The molecule has 0 amide bonds. The molecule has 1 aliphatic carbocycles. The van der Waals surface area contributed by atoms with Gasteiger partial charge in [0, 0.05) is 6.20 Å². The SMILES string of the molecule is O=C(O)c1cnn2ccc(NC3CCCc4ccccc43)nc12. The Bertz CT molecular complexity index is 887. The first-order valence-corrected chi connectivity index (χ1v) is 7.64. The molecular formula is C17H16N4O2. The van der Waals surface area contributed by atoms with Gasteiger partial charge in [0.2, 0.25) is 0 Å². The minimum Gasteiger partial charge on any atom is -0.477 e. The van der Waals surface area contributed by atoms with Crippen molar-refractivity contribution < 1.29 is 9.90 Å². The molecule has 1 aromatic carbocycles. The van der Waals surface area contributed by atoms with E-state index in [-0.39, 0.29) is 11.6 Å². The molecule has 3 aromatic rings. The second-order valence-corrected chi connectivity index (χ2v) is 5.73. The Balaban J connectivity index is 1.68. The maximum Gasteiger partial charge on any atom is 0.341 e. The van der Waals surface area contributed by atoms with E-state index in [0.29, 0.717) is 11.5 Å². The number of hydrogen-bond donors (Lipinski definition) is 2. The van der Waals surface area contributed by atoms with Gasteiger partial charge in [-0.25, -0.2) is 14.3 Å². The average Bonchev–Trinajstić information content (AvgIpc) is 2.99. The van der Waals surface area contributed by atoms with Crippen LogP contribution in [-0.4, -0.2) is 25.7 Å². The van der Waals surface area contributed by atoms with Gasteiger partial charge in [0.05, 0.1) is 12.2 Å². The lowest BCUT2D eigenvalue weighted by molar-refractivity contribution is 0.0699. The van der Waals surface area contributed by atoms with Crippen LogP contribution in [-0.2, 0) is 6.42 Å². The van der Waals surface area contributed by atoms with Crippen molar-refractivity contribution in [3.63, 3.8) is 0 Å². The van der Waals surface area contributed by atoms with Gasteiger partial charge in [0.25, 0.3) is 0 Å². The van der Waals surface area contributed by atoms with Crippen LogP contribution in [0.2, 0.25) is 0 Å². The smallest absolute Gasteiger partial charge is 0.341 e. The predicted molar refractivity (Wildman–Crippen MR) is 85.7 cm³/mol. The standard InChI is InChI=1S/C17H16N4O2/c22-17(23)13-10-18-21-9-8-15(20-16(13)21)19-14-7-3-5-11-4-1-2-6-12(11)14/h1-2,4,6,8-10,14H,3,5,7H2,(H,19,20)(H,22,23). The number of anilines is 1. The lowest BCUT2D eigenvalue weighted by Gasteiger charge is -2.26. The molecule has 1 aliphatic rings. The van der Waals surface area contributed by atoms with E-state index < -0.39 is 5.97 Å². The van der Waals surface area contributed by atoms with Gasteiger partial charge in [0.1, 0.15) is 11.4 Å². The van der Waals surface area contributed by atoms with Crippen molar-refractivity contribution in [2.24, 2.45) is 0 Å². The number of nitrogens with one attached hydrogen (secondary N) is 1. The molecule has 0 aliphatic heterocycles. The van der Waals surface area contributed by atoms with E-state index in [9.17, 15) is 9.90 Å². The van der Waals surface area contributed by atoms with Crippen LogP contribution in [0, 0.1) is 0 Å². The van der Waals surface area contributed by atoms with Gasteiger partial charge < -0.3 is 10.4 Å². The number of nitrogens with zero attached hydrogens (tertiary/aromatic N) is 3. The van der Waals surface area contributed by atoms with Crippen molar-refractivity contribution in [2.75, 3.05) is 5.32 Å². The van der Waals surface area contributed by atoms with E-state index in [0.717, 1.165) is 19.3 Å². The number of carboxylic acid groups (broad SMARTS) is 1. The zero-order chi connectivity index (χ0) is 15.8. The number of aryl methyl sites for hydroxylation is 1. The molecule has 2 aromatic heterocycles. The Morgan fingerprint density at radius 3 is 3.04 bits per heavy atom. The van der Waals surface area contributed by atoms with Gasteiger partial charge in [0.15, 0.2) is 5.65 Å². The van der Waals surface area contributed by atoms with E-state index >= 15 is 0 Å². The zero-order valence-corrected chi connectivity index (χ0v) is 12.4. The van der Waals surface area contributed by atoms with Crippen molar-refractivity contribution in [1.82, 2.24) is 14.6 Å². The summed E-state index contributed by atoms with van der Waals surface area (Å²) in [6.45, 7) is 0. The lowest BCUT2D eigenvalue weighted by atomic mass is 9.88. The summed E-state index contributed by atoms with van der Waals surface area (Å²) in [5.41, 5.74) is 3.13. The Morgan fingerprint density at radius 1 is 1.30 bits per heavy atom. The molecule has 6 heteroatoms. The summed E-state index contributed by atoms with van der Waals surface area (Å²) in [6, 6.07) is 10.5.